The summed E-state index contributed by atoms with van der Waals surface area (Å²) < 4.78 is 37.5. The minimum Gasteiger partial charge on any atom is 0 e. The Morgan fingerprint density at radius 3 is 0.714 bits per heavy atom. The van der Waals surface area contributed by atoms with Crippen LogP contribution in [0.2, 0.25) is 0 Å². The van der Waals surface area contributed by atoms with Crippen molar-refractivity contribution in [3.8, 4) is 4.97 Å². The van der Waals surface area contributed by atoms with Crippen molar-refractivity contribution in [3.63, 3.8) is 0 Å². The van der Waals surface area contributed by atoms with E-state index in [-0.39, 0.29) is 20.4 Å². The molecule has 0 unspecified atom stereocenters. The van der Waals surface area contributed by atoms with Crippen molar-refractivity contribution in [1.82, 2.24) is 0 Å². The van der Waals surface area contributed by atoms with Crippen LogP contribution in [0.25, 0.3) is 0 Å². The molecular formula is C6NO5ReSe. The number of nitrogens with zero attached hydrogens (tertiary/aromatic N) is 1. The second kappa shape index (κ2) is 11600. The Morgan fingerprint density at radius 1 is 0.714 bits per heavy atom. The van der Waals surface area contributed by atoms with E-state index < -0.39 is 0 Å². The van der Waals surface area contributed by atoms with Gasteiger partial charge in [0.2, 0.25) is 0 Å². The fourth-order valence-corrected chi connectivity index (χ4v) is 0. The summed E-state index contributed by atoms with van der Waals surface area (Å²) in [5.41, 5.74) is 0. The summed E-state index contributed by atoms with van der Waals surface area (Å²) in [6.07, 6.45) is 0. The second-order valence-electron chi connectivity index (χ2n) is 0.0913. The molecule has 0 atom stereocenters. The van der Waals surface area contributed by atoms with E-state index in [1.807, 2.05) is 0 Å². The van der Waals surface area contributed by atoms with Gasteiger partial charge in [0.15, 0.2) is 0 Å². The first-order valence-electron chi connectivity index (χ1n) is 1.45. The van der Waals surface area contributed by atoms with Crippen LogP contribution in [0.3, 0.4) is 0 Å². The molecule has 14 heavy (non-hydrogen) atoms. The van der Waals surface area contributed by atoms with E-state index in [9.17, 15) is 0 Å². The predicted molar refractivity (Wildman–Crippen MR) is 31.0 cm³/mol. The van der Waals surface area contributed by atoms with Crippen LogP contribution in [-0.2, 0) is 43.7 Å². The molecule has 0 amide bonds. The molecule has 0 aromatic heterocycles. The molecule has 72 valence electrons. The molecule has 0 rings (SSSR count). The maximum Gasteiger partial charge on any atom is 0 e. The van der Waals surface area contributed by atoms with Crippen molar-refractivity contribution in [3.05, 3.63) is 33.3 Å². The molecule has 0 bridgehead atoms. The Labute approximate surface area is 103 Å². The summed E-state index contributed by atoms with van der Waals surface area (Å²) in [7, 11) is 0. The van der Waals surface area contributed by atoms with Crippen LogP contribution >= 0.6 is 0 Å². The van der Waals surface area contributed by atoms with Crippen molar-refractivity contribution in [2.45, 2.75) is 0 Å². The van der Waals surface area contributed by atoms with Gasteiger partial charge in [-0.3, -0.25) is 0 Å². The molecule has 0 spiro atoms. The average Bonchev–Trinajstić information content (AvgIpc) is 2.32. The molecule has 2 radical (unpaired) electrons. The van der Waals surface area contributed by atoms with Gasteiger partial charge in [0.05, 0.1) is 0 Å². The normalized spacial score (nSPS) is 1.21. The summed E-state index contributed by atoms with van der Waals surface area (Å²) >= 11 is 2.11. The van der Waals surface area contributed by atoms with Crippen molar-refractivity contribution >= 4 is 16.0 Å². The molecule has 0 N–H and O–H groups in total. The van der Waals surface area contributed by atoms with Crippen LogP contribution in [-0.4, -0.2) is 16.0 Å². The maximum absolute atomic E-state index is 7.50. The van der Waals surface area contributed by atoms with Crippen LogP contribution in [0.1, 0.15) is 0 Å². The van der Waals surface area contributed by atoms with E-state index >= 15 is 0 Å². The summed E-state index contributed by atoms with van der Waals surface area (Å²) in [5.74, 6) is 0. The molecule has 0 aliphatic carbocycles. The van der Waals surface area contributed by atoms with E-state index in [2.05, 4.69) is 49.3 Å². The van der Waals surface area contributed by atoms with Crippen LogP contribution in [0.5, 0.6) is 0 Å². The minimum absolute atomic E-state index is 0. The molecular weight excluding hydrogens is 431 g/mol. The Bertz CT molecular complexity index is 143. The average molecular weight is 431 g/mol. The monoisotopic (exact) mass is 433 g/mol. The first kappa shape index (κ1) is 50.4. The zero-order chi connectivity index (χ0) is 12.7. The largest absolute Gasteiger partial charge is 0 e. The van der Waals surface area contributed by atoms with Gasteiger partial charge in [0.1, 0.15) is 0 Å². The van der Waals surface area contributed by atoms with Gasteiger partial charge in [-0.25, -0.2) is 0 Å². The van der Waals surface area contributed by atoms with Gasteiger partial charge in [-0.05, 0) is 0 Å². The molecule has 0 heterocycles. The van der Waals surface area contributed by atoms with Gasteiger partial charge in [-0.1, -0.05) is 0 Å². The van der Waals surface area contributed by atoms with E-state index in [1.165, 1.54) is 0 Å². The van der Waals surface area contributed by atoms with Crippen LogP contribution in [0.4, 0.5) is 0 Å². The van der Waals surface area contributed by atoms with Gasteiger partial charge in [-0.15, -0.1) is 0 Å². The third-order valence-corrected chi connectivity index (χ3v) is 0. The molecule has 0 aliphatic rings. The van der Waals surface area contributed by atoms with Crippen LogP contribution in [0.15, 0.2) is 0 Å². The quantitative estimate of drug-likeness (QED) is 0.285. The van der Waals surface area contributed by atoms with E-state index in [1.54, 1.807) is 4.97 Å². The van der Waals surface area contributed by atoms with Crippen molar-refractivity contribution in [2.75, 3.05) is 0 Å². The molecule has 0 aromatic rings. The number of rotatable bonds is 0. The van der Waals surface area contributed by atoms with Gasteiger partial charge >= 0.3 is 82.8 Å². The molecule has 0 aliphatic heterocycles. The summed E-state index contributed by atoms with van der Waals surface area (Å²) in [4.78, 5) is 1.62. The van der Waals surface area contributed by atoms with Gasteiger partial charge < -0.3 is 0 Å². The number of hydrogen-bond acceptors (Lipinski definition) is 1. The maximum atomic E-state index is 7.50. The molecule has 0 saturated carbocycles. The van der Waals surface area contributed by atoms with Crippen LogP contribution < -0.4 is 0 Å². The van der Waals surface area contributed by atoms with Gasteiger partial charge in [-0.2, -0.15) is 0 Å². The molecule has 0 aromatic carbocycles. The van der Waals surface area contributed by atoms with E-state index in [4.69, 9.17) is 28.5 Å². The van der Waals surface area contributed by atoms with Gasteiger partial charge in [0, 0.05) is 20.4 Å². The SMILES string of the molecule is N#C[Se].[C-]#[O+].[C-]#[O+].[C-]#[O+].[C-]#[O+].[C-]#[O+].[Re]. The summed E-state index contributed by atoms with van der Waals surface area (Å²) in [6, 6.07) is 0. The second-order valence-corrected chi connectivity index (χ2v) is 0.474. The summed E-state index contributed by atoms with van der Waals surface area (Å²) in [5, 5.41) is 7.26. The molecule has 0 saturated heterocycles. The molecule has 6 nitrogen and oxygen atoms in total. The van der Waals surface area contributed by atoms with Crippen molar-refractivity contribution in [1.29, 1.82) is 5.26 Å². The van der Waals surface area contributed by atoms with E-state index in [0.717, 1.165) is 0 Å². The third-order valence-electron chi connectivity index (χ3n) is 0. The fraction of sp³-hybridized carbons (Fsp3) is 0. The Morgan fingerprint density at radius 2 is 0.714 bits per heavy atom. The molecule has 8 heteroatoms. The standard InChI is InChI=1S/CNSe.5CO.Re/c2-1-3;5*1-2;. The van der Waals surface area contributed by atoms with Crippen molar-refractivity contribution < 1.29 is 43.7 Å². The first-order valence-corrected chi connectivity index (χ1v) is 2.30. The third kappa shape index (κ3) is 3100. The van der Waals surface area contributed by atoms with Crippen LogP contribution in [0, 0.1) is 43.5 Å². The topological polar surface area (TPSA) is 123 Å². The van der Waals surface area contributed by atoms with Crippen molar-refractivity contribution in [2.24, 2.45) is 0 Å². The first-order chi connectivity index (χ1) is 6.41. The smallest absolute Gasteiger partial charge is 0 e. The van der Waals surface area contributed by atoms with Gasteiger partial charge in [0.25, 0.3) is 0 Å². The Hall–Kier alpha value is -0.628. The zero-order valence-electron chi connectivity index (χ0n) is 6.27. The number of nitriles is 1. The Balaban J connectivity index is -0.00000000838. The fourth-order valence-electron chi connectivity index (χ4n) is 0. The number of hydrogen-bond donors (Lipinski definition) is 0. The van der Waals surface area contributed by atoms with E-state index in [0.29, 0.717) is 0 Å². The predicted octanol–water partition coefficient (Wildman–Crippen LogP) is -0.554. The zero-order valence-corrected chi connectivity index (χ0v) is 10.7. The summed E-state index contributed by atoms with van der Waals surface area (Å²) in [6.45, 7) is 22.5. The Kier molecular flexibility index (Phi) is 41700. The molecule has 0 fully saturated rings. The minimum atomic E-state index is 0.